The van der Waals surface area contributed by atoms with Crippen LogP contribution in [0.3, 0.4) is 0 Å². The van der Waals surface area contributed by atoms with E-state index in [1.807, 2.05) is 18.2 Å². The molecule has 0 aliphatic carbocycles. The minimum atomic E-state index is 0.580. The zero-order valence-corrected chi connectivity index (χ0v) is 39.5. The first-order valence-electron chi connectivity index (χ1n) is 24.4. The monoisotopic (exact) mass is 917 g/mol. The van der Waals surface area contributed by atoms with E-state index in [0.717, 1.165) is 106 Å². The van der Waals surface area contributed by atoms with Gasteiger partial charge in [0.1, 0.15) is 0 Å². The van der Waals surface area contributed by atoms with Gasteiger partial charge in [-0.3, -0.25) is 0 Å². The molecule has 0 unspecified atom stereocenters. The molecule has 11 aromatic carbocycles. The minimum Gasteiger partial charge on any atom is -0.208 e. The Morgan fingerprint density at radius 2 is 0.361 bits per heavy atom. The number of hydrogen-bond acceptors (Lipinski definition) is 3. The van der Waals surface area contributed by atoms with Gasteiger partial charge in [0.25, 0.3) is 0 Å². The van der Waals surface area contributed by atoms with Crippen molar-refractivity contribution in [2.24, 2.45) is 0 Å². The third-order valence-corrected chi connectivity index (χ3v) is 13.4. The maximum absolute atomic E-state index is 5.65. The largest absolute Gasteiger partial charge is 0.208 e. The van der Waals surface area contributed by atoms with Crippen molar-refractivity contribution in [3.05, 3.63) is 285 Å². The predicted molar refractivity (Wildman–Crippen MR) is 300 cm³/mol. The molecular formula is C69H47N3. The first-order chi connectivity index (χ1) is 35.7. The number of benzene rings is 11. The van der Waals surface area contributed by atoms with Gasteiger partial charge in [0.15, 0.2) is 17.5 Å². The second kappa shape index (κ2) is 19.8. The van der Waals surface area contributed by atoms with Gasteiger partial charge in [-0.1, -0.05) is 261 Å². The normalized spacial score (nSPS) is 11.1. The molecule has 0 aliphatic rings. The van der Waals surface area contributed by atoms with Crippen LogP contribution in [0.2, 0.25) is 0 Å². The van der Waals surface area contributed by atoms with Gasteiger partial charge < -0.3 is 0 Å². The van der Waals surface area contributed by atoms with Crippen LogP contribution in [0.25, 0.3) is 123 Å². The standard InChI is InChI=1S/C69H47N3/c1-8-22-48(23-9-1)55-36-40-59(63(44-55)52-30-16-5-17-31-52)61-42-38-57(50-26-12-3-13-27-50)46-65(61)68-70-67(54-34-20-7-21-35-54)71-69(72-68)66-47-58(51-28-14-4-15-29-51)39-43-62(66)60-41-37-56(49-24-10-2-11-25-49)45-64(60)53-32-18-6-19-33-53/h1-47H. The molecule has 0 saturated heterocycles. The molecule has 12 aromatic rings. The van der Waals surface area contributed by atoms with E-state index >= 15 is 0 Å². The number of rotatable bonds is 11. The van der Waals surface area contributed by atoms with Crippen LogP contribution in [0, 0.1) is 0 Å². The molecule has 0 spiro atoms. The average Bonchev–Trinajstić information content (AvgIpc) is 3.48. The zero-order valence-electron chi connectivity index (χ0n) is 39.5. The van der Waals surface area contributed by atoms with Crippen molar-refractivity contribution >= 4 is 0 Å². The van der Waals surface area contributed by atoms with Crippen molar-refractivity contribution in [1.82, 2.24) is 15.0 Å². The van der Waals surface area contributed by atoms with E-state index in [9.17, 15) is 0 Å². The Morgan fingerprint density at radius 3 is 0.653 bits per heavy atom. The first-order valence-corrected chi connectivity index (χ1v) is 24.4. The molecule has 0 N–H and O–H groups in total. The van der Waals surface area contributed by atoms with Crippen molar-refractivity contribution in [3.63, 3.8) is 0 Å². The highest BCUT2D eigenvalue weighted by Crippen LogP contribution is 2.45. The summed E-state index contributed by atoms with van der Waals surface area (Å²) in [5, 5.41) is 0. The summed E-state index contributed by atoms with van der Waals surface area (Å²) < 4.78 is 0. The van der Waals surface area contributed by atoms with Crippen LogP contribution in [-0.2, 0) is 0 Å². The molecule has 0 bridgehead atoms. The summed E-state index contributed by atoms with van der Waals surface area (Å²) in [6, 6.07) is 101. The Balaban J connectivity index is 1.13. The lowest BCUT2D eigenvalue weighted by Gasteiger charge is -2.19. The molecule has 0 fully saturated rings. The van der Waals surface area contributed by atoms with Crippen LogP contribution in [0.4, 0.5) is 0 Å². The lowest BCUT2D eigenvalue weighted by Crippen LogP contribution is -2.03. The van der Waals surface area contributed by atoms with Gasteiger partial charge in [0.05, 0.1) is 0 Å². The van der Waals surface area contributed by atoms with Crippen LogP contribution in [0.5, 0.6) is 0 Å². The van der Waals surface area contributed by atoms with Crippen molar-refractivity contribution in [1.29, 1.82) is 0 Å². The first kappa shape index (κ1) is 43.7. The molecule has 338 valence electrons. The van der Waals surface area contributed by atoms with Gasteiger partial charge >= 0.3 is 0 Å². The quantitative estimate of drug-likeness (QED) is 0.130. The Kier molecular flexibility index (Phi) is 12.0. The van der Waals surface area contributed by atoms with Crippen LogP contribution < -0.4 is 0 Å². The molecule has 12 rings (SSSR count). The van der Waals surface area contributed by atoms with Crippen molar-refractivity contribution in [3.8, 4) is 123 Å². The van der Waals surface area contributed by atoms with Gasteiger partial charge in [-0.2, -0.15) is 0 Å². The zero-order chi connectivity index (χ0) is 48.1. The SMILES string of the molecule is c1ccc(-c2ccc(-c3ccc(-c4ccccc4)cc3-c3nc(-c4ccccc4)nc(-c4cc(-c5ccccc5)ccc4-c4ccc(-c5ccccc5)cc4-c4ccccc4)n3)c(-c3ccccc3)c2)cc1. The topological polar surface area (TPSA) is 38.7 Å². The fraction of sp³-hybridized carbons (Fsp3) is 0. The molecule has 3 heteroatoms. The second-order valence-corrected chi connectivity index (χ2v) is 17.9. The minimum absolute atomic E-state index is 0.580. The number of hydrogen-bond donors (Lipinski definition) is 0. The third-order valence-electron chi connectivity index (χ3n) is 13.4. The Bertz CT molecular complexity index is 3570. The van der Waals surface area contributed by atoms with Crippen LogP contribution in [-0.4, -0.2) is 15.0 Å². The van der Waals surface area contributed by atoms with E-state index in [0.29, 0.717) is 17.5 Å². The van der Waals surface area contributed by atoms with E-state index in [2.05, 4.69) is 267 Å². The Hall–Kier alpha value is -9.57. The lowest BCUT2D eigenvalue weighted by molar-refractivity contribution is 1.07. The summed E-state index contributed by atoms with van der Waals surface area (Å²) in [4.78, 5) is 16.6. The van der Waals surface area contributed by atoms with E-state index in [-0.39, 0.29) is 0 Å². The number of nitrogens with zero attached hydrogens (tertiary/aromatic N) is 3. The van der Waals surface area contributed by atoms with Gasteiger partial charge in [-0.15, -0.1) is 0 Å². The maximum atomic E-state index is 5.65. The molecule has 3 nitrogen and oxygen atoms in total. The molecular weight excluding hydrogens is 871 g/mol. The highest BCUT2D eigenvalue weighted by atomic mass is 15.0. The second-order valence-electron chi connectivity index (χ2n) is 17.9. The summed E-state index contributed by atoms with van der Waals surface area (Å²) in [5.74, 6) is 1.75. The summed E-state index contributed by atoms with van der Waals surface area (Å²) in [7, 11) is 0. The van der Waals surface area contributed by atoms with Crippen molar-refractivity contribution < 1.29 is 0 Å². The van der Waals surface area contributed by atoms with E-state index in [1.54, 1.807) is 0 Å². The van der Waals surface area contributed by atoms with E-state index in [1.165, 1.54) is 0 Å². The number of aromatic nitrogens is 3. The predicted octanol–water partition coefficient (Wildman–Crippen LogP) is 18.2. The average molecular weight is 918 g/mol. The van der Waals surface area contributed by atoms with E-state index in [4.69, 9.17) is 15.0 Å². The van der Waals surface area contributed by atoms with Gasteiger partial charge in [-0.25, -0.2) is 15.0 Å². The summed E-state index contributed by atoms with van der Waals surface area (Å²) in [6.07, 6.45) is 0. The molecule has 0 amide bonds. The van der Waals surface area contributed by atoms with E-state index < -0.39 is 0 Å². The Labute approximate surface area is 421 Å². The van der Waals surface area contributed by atoms with Crippen molar-refractivity contribution in [2.75, 3.05) is 0 Å². The molecule has 0 aliphatic heterocycles. The summed E-state index contributed by atoms with van der Waals surface area (Å²) in [6.45, 7) is 0. The maximum Gasteiger partial charge on any atom is 0.164 e. The van der Waals surface area contributed by atoms with Crippen molar-refractivity contribution in [2.45, 2.75) is 0 Å². The molecule has 0 saturated carbocycles. The van der Waals surface area contributed by atoms with Gasteiger partial charge in [0.2, 0.25) is 0 Å². The highest BCUT2D eigenvalue weighted by Gasteiger charge is 2.23. The lowest BCUT2D eigenvalue weighted by atomic mass is 9.87. The van der Waals surface area contributed by atoms with Crippen LogP contribution in [0.1, 0.15) is 0 Å². The van der Waals surface area contributed by atoms with Crippen LogP contribution >= 0.6 is 0 Å². The highest BCUT2D eigenvalue weighted by molar-refractivity contribution is 5.97. The Morgan fingerprint density at radius 1 is 0.139 bits per heavy atom. The van der Waals surface area contributed by atoms with Crippen LogP contribution in [0.15, 0.2) is 285 Å². The summed E-state index contributed by atoms with van der Waals surface area (Å²) in [5.41, 5.74) is 20.4. The molecule has 1 aromatic heterocycles. The molecule has 0 atom stereocenters. The van der Waals surface area contributed by atoms with Gasteiger partial charge in [0, 0.05) is 16.7 Å². The smallest absolute Gasteiger partial charge is 0.164 e. The third kappa shape index (κ3) is 8.95. The summed E-state index contributed by atoms with van der Waals surface area (Å²) >= 11 is 0. The fourth-order valence-electron chi connectivity index (χ4n) is 9.77. The molecule has 1 heterocycles. The molecule has 0 radical (unpaired) electrons. The fourth-order valence-corrected chi connectivity index (χ4v) is 9.77. The molecule has 72 heavy (non-hydrogen) atoms. The van der Waals surface area contributed by atoms with Gasteiger partial charge in [-0.05, 0) is 113 Å².